The quantitative estimate of drug-likeness (QED) is 0.0261. The molecule has 0 aliphatic carbocycles. The molecule has 1 unspecified atom stereocenters. The summed E-state index contributed by atoms with van der Waals surface area (Å²) < 4.78 is 16.8. The number of carbonyl (C=O) groups is 3. The molecule has 0 radical (unpaired) electrons. The number of unbranched alkanes of at least 4 members (excludes halogenated alkanes) is 21. The van der Waals surface area contributed by atoms with Crippen LogP contribution >= 0.6 is 0 Å². The van der Waals surface area contributed by atoms with Crippen LogP contribution in [0.3, 0.4) is 0 Å². The Morgan fingerprint density at radius 2 is 0.500 bits per heavy atom. The first-order chi connectivity index (χ1) is 38.5. The third-order valence-corrected chi connectivity index (χ3v) is 13.1. The van der Waals surface area contributed by atoms with Gasteiger partial charge >= 0.3 is 17.9 Å². The molecule has 0 N–H and O–H groups in total. The molecule has 0 aliphatic rings. The first kappa shape index (κ1) is 73.3. The van der Waals surface area contributed by atoms with Gasteiger partial charge in [0.15, 0.2) is 6.10 Å². The van der Waals surface area contributed by atoms with E-state index in [0.29, 0.717) is 19.3 Å². The van der Waals surface area contributed by atoms with Crippen LogP contribution in [0.15, 0.2) is 146 Å². The molecule has 0 saturated heterocycles. The van der Waals surface area contributed by atoms with E-state index in [9.17, 15) is 14.4 Å². The van der Waals surface area contributed by atoms with Crippen LogP contribution in [0.5, 0.6) is 0 Å². The van der Waals surface area contributed by atoms with Crippen LogP contribution in [0, 0.1) is 0 Å². The lowest BCUT2D eigenvalue weighted by Crippen LogP contribution is -2.30. The molecule has 0 heterocycles. The molecular formula is C72H116O6. The van der Waals surface area contributed by atoms with Gasteiger partial charge in [0, 0.05) is 19.3 Å². The van der Waals surface area contributed by atoms with Gasteiger partial charge in [-0.2, -0.15) is 0 Å². The Hall–Kier alpha value is -4.71. The first-order valence-electron chi connectivity index (χ1n) is 31.8. The summed E-state index contributed by atoms with van der Waals surface area (Å²) in [6.07, 6.45) is 92.9. The van der Waals surface area contributed by atoms with Crippen molar-refractivity contribution in [3.05, 3.63) is 146 Å². The van der Waals surface area contributed by atoms with Crippen molar-refractivity contribution in [3.63, 3.8) is 0 Å². The van der Waals surface area contributed by atoms with Gasteiger partial charge in [-0.3, -0.25) is 14.4 Å². The monoisotopic (exact) mass is 1080 g/mol. The average Bonchev–Trinajstić information content (AvgIpc) is 3.44. The van der Waals surface area contributed by atoms with Gasteiger partial charge in [0.05, 0.1) is 0 Å². The Kier molecular flexibility index (Phi) is 60.9. The van der Waals surface area contributed by atoms with Crippen molar-refractivity contribution in [2.45, 2.75) is 277 Å². The second-order valence-electron chi connectivity index (χ2n) is 20.6. The fraction of sp³-hybridized carbons (Fsp3) is 0.625. The number of rotatable bonds is 56. The lowest BCUT2D eigenvalue weighted by atomic mass is 10.1. The molecule has 0 aliphatic heterocycles. The molecule has 1 atom stereocenters. The predicted octanol–water partition coefficient (Wildman–Crippen LogP) is 21.9. The lowest BCUT2D eigenvalue weighted by molar-refractivity contribution is -0.167. The van der Waals surface area contributed by atoms with E-state index >= 15 is 0 Å². The minimum Gasteiger partial charge on any atom is -0.462 e. The number of hydrogen-bond donors (Lipinski definition) is 0. The fourth-order valence-electron chi connectivity index (χ4n) is 8.39. The maximum atomic E-state index is 12.9. The van der Waals surface area contributed by atoms with Crippen molar-refractivity contribution in [1.29, 1.82) is 0 Å². The van der Waals surface area contributed by atoms with Gasteiger partial charge in [-0.1, -0.05) is 276 Å². The number of esters is 3. The van der Waals surface area contributed by atoms with Gasteiger partial charge in [-0.15, -0.1) is 0 Å². The molecule has 0 saturated carbocycles. The van der Waals surface area contributed by atoms with Crippen LogP contribution in [-0.2, 0) is 28.6 Å². The van der Waals surface area contributed by atoms with Gasteiger partial charge < -0.3 is 14.2 Å². The SMILES string of the molecule is CC/C=C\C/C=C\C/C=C\C/C=C\C/C=C\C/C=C\CCCCCCCCCCC(=O)OCC(COC(=O)CCCCCCCCCC)OC(=O)CCCCCCCC/C=C\C/C=C\C/C=C\C/C=C\C/C=C\C/C=C\CC. The molecule has 440 valence electrons. The third kappa shape index (κ3) is 62.1. The maximum Gasteiger partial charge on any atom is 0.306 e. The van der Waals surface area contributed by atoms with E-state index in [1.165, 1.54) is 77.0 Å². The number of carbonyl (C=O) groups excluding carboxylic acids is 3. The summed E-state index contributed by atoms with van der Waals surface area (Å²) in [6, 6.07) is 0. The molecule has 0 amide bonds. The highest BCUT2D eigenvalue weighted by atomic mass is 16.6. The zero-order chi connectivity index (χ0) is 56.4. The molecule has 0 aromatic carbocycles. The van der Waals surface area contributed by atoms with Crippen LogP contribution in [0.1, 0.15) is 271 Å². The Labute approximate surface area is 480 Å². The number of ether oxygens (including phenoxy) is 3. The molecule has 0 rings (SSSR count). The highest BCUT2D eigenvalue weighted by Gasteiger charge is 2.19. The summed E-state index contributed by atoms with van der Waals surface area (Å²) in [5.74, 6) is -0.919. The highest BCUT2D eigenvalue weighted by Crippen LogP contribution is 2.15. The van der Waals surface area contributed by atoms with Crippen LogP contribution < -0.4 is 0 Å². The highest BCUT2D eigenvalue weighted by molar-refractivity contribution is 5.71. The van der Waals surface area contributed by atoms with Gasteiger partial charge in [0.25, 0.3) is 0 Å². The summed E-state index contributed by atoms with van der Waals surface area (Å²) in [5.41, 5.74) is 0. The Bertz CT molecular complexity index is 1710. The molecule has 0 fully saturated rings. The largest absolute Gasteiger partial charge is 0.462 e. The van der Waals surface area contributed by atoms with Crippen LogP contribution in [0.25, 0.3) is 0 Å². The summed E-state index contributed by atoms with van der Waals surface area (Å²) in [7, 11) is 0. The molecule has 0 spiro atoms. The zero-order valence-corrected chi connectivity index (χ0v) is 50.4. The van der Waals surface area contributed by atoms with Crippen molar-refractivity contribution in [2.75, 3.05) is 13.2 Å². The van der Waals surface area contributed by atoms with E-state index in [4.69, 9.17) is 14.2 Å². The minimum atomic E-state index is -0.794. The molecule has 0 aromatic rings. The van der Waals surface area contributed by atoms with E-state index in [2.05, 4.69) is 167 Å². The van der Waals surface area contributed by atoms with Crippen molar-refractivity contribution < 1.29 is 28.6 Å². The van der Waals surface area contributed by atoms with Crippen LogP contribution in [0.2, 0.25) is 0 Å². The first-order valence-corrected chi connectivity index (χ1v) is 31.8. The van der Waals surface area contributed by atoms with Gasteiger partial charge in [0.1, 0.15) is 13.2 Å². The normalized spacial score (nSPS) is 13.1. The van der Waals surface area contributed by atoms with Crippen LogP contribution in [-0.4, -0.2) is 37.2 Å². The Morgan fingerprint density at radius 3 is 0.782 bits per heavy atom. The molecule has 6 nitrogen and oxygen atoms in total. The van der Waals surface area contributed by atoms with E-state index < -0.39 is 6.10 Å². The fourth-order valence-corrected chi connectivity index (χ4v) is 8.39. The smallest absolute Gasteiger partial charge is 0.306 e. The van der Waals surface area contributed by atoms with E-state index in [1.54, 1.807) is 0 Å². The van der Waals surface area contributed by atoms with Crippen molar-refractivity contribution in [2.24, 2.45) is 0 Å². The topological polar surface area (TPSA) is 78.9 Å². The predicted molar refractivity (Wildman–Crippen MR) is 339 cm³/mol. The summed E-state index contributed by atoms with van der Waals surface area (Å²) in [6.45, 7) is 6.36. The van der Waals surface area contributed by atoms with E-state index in [-0.39, 0.29) is 31.1 Å². The standard InChI is InChI=1S/C72H116O6/c1-4-7-10-13-16-19-21-23-25-27-29-31-33-35-36-38-39-41-43-45-47-49-51-53-56-59-62-65-71(74)77-68-69(67-76-70(73)64-61-58-55-18-15-12-9-6-3)78-72(75)66-63-60-57-54-52-50-48-46-44-42-40-37-34-32-30-28-26-24-22-20-17-14-11-8-5-2/h7-8,10-11,16-17,19-20,23-26,29-32,35-37,39-41,44,46,69H,4-6,9,12-15,18,21-22,27-28,33-34,38,42-43,45,47-68H2,1-3H3/b10-7-,11-8-,19-16-,20-17-,25-23-,26-24-,31-29-,32-30-,36-35-,40-37-,41-39-,46-44-. The molecule has 78 heavy (non-hydrogen) atoms. The van der Waals surface area contributed by atoms with Gasteiger partial charge in [0.2, 0.25) is 0 Å². The minimum absolute atomic E-state index is 0.0903. The summed E-state index contributed by atoms with van der Waals surface area (Å²) >= 11 is 0. The van der Waals surface area contributed by atoms with Gasteiger partial charge in [-0.25, -0.2) is 0 Å². The Balaban J connectivity index is 4.28. The van der Waals surface area contributed by atoms with Crippen molar-refractivity contribution in [3.8, 4) is 0 Å². The maximum absolute atomic E-state index is 12.9. The summed E-state index contributed by atoms with van der Waals surface area (Å²) in [4.78, 5) is 38.2. The lowest BCUT2D eigenvalue weighted by Gasteiger charge is -2.18. The third-order valence-electron chi connectivity index (χ3n) is 13.1. The van der Waals surface area contributed by atoms with E-state index in [0.717, 1.165) is 154 Å². The molecular weight excluding hydrogens is 961 g/mol. The summed E-state index contributed by atoms with van der Waals surface area (Å²) in [5, 5.41) is 0. The van der Waals surface area contributed by atoms with E-state index in [1.807, 2.05) is 0 Å². The second kappa shape index (κ2) is 64.8. The Morgan fingerprint density at radius 1 is 0.269 bits per heavy atom. The number of allylic oxidation sites excluding steroid dienone is 24. The van der Waals surface area contributed by atoms with Crippen molar-refractivity contribution >= 4 is 17.9 Å². The molecule has 0 aromatic heterocycles. The van der Waals surface area contributed by atoms with Crippen molar-refractivity contribution in [1.82, 2.24) is 0 Å². The molecule has 6 heteroatoms. The average molecular weight is 1080 g/mol. The van der Waals surface area contributed by atoms with Gasteiger partial charge in [-0.05, 0) is 122 Å². The number of hydrogen-bond acceptors (Lipinski definition) is 6. The van der Waals surface area contributed by atoms with Crippen LogP contribution in [0.4, 0.5) is 0 Å². The molecule has 0 bridgehead atoms. The zero-order valence-electron chi connectivity index (χ0n) is 50.4. The second-order valence-corrected chi connectivity index (χ2v) is 20.6.